The molecule has 0 radical (unpaired) electrons. The van der Waals surface area contributed by atoms with E-state index >= 15 is 0 Å². The second-order valence-electron chi connectivity index (χ2n) is 1.49. The van der Waals surface area contributed by atoms with Gasteiger partial charge in [0.2, 0.25) is 0 Å². The Bertz CT molecular complexity index is 65.1. The topological polar surface area (TPSA) is 37.3 Å². The fraction of sp³-hybridized carbons (Fsp3) is 0.750. The monoisotopic (exact) mass is 144 g/mol. The summed E-state index contributed by atoms with van der Waals surface area (Å²) in [5, 5.41) is 7.99. The van der Waals surface area contributed by atoms with Gasteiger partial charge in [0.25, 0.3) is 0 Å². The van der Waals surface area contributed by atoms with Gasteiger partial charge in [-0.05, 0) is 0 Å². The molecule has 0 fully saturated rings. The molecule has 8 heavy (non-hydrogen) atoms. The summed E-state index contributed by atoms with van der Waals surface area (Å²) in [4.78, 5) is 9.70. The number of hydrogen-bond acceptors (Lipinski definition) is 1. The molecular formula is C4H13AlMgO2. The molecule has 0 saturated heterocycles. The van der Waals surface area contributed by atoms with Crippen molar-refractivity contribution in [1.82, 2.24) is 0 Å². The van der Waals surface area contributed by atoms with Crippen molar-refractivity contribution in [3.8, 4) is 0 Å². The first-order chi connectivity index (χ1) is 2.64. The van der Waals surface area contributed by atoms with Crippen LogP contribution in [0.25, 0.3) is 0 Å². The highest BCUT2D eigenvalue weighted by Gasteiger charge is 1.99. The van der Waals surface area contributed by atoms with Gasteiger partial charge in [0.15, 0.2) is 17.4 Å². The van der Waals surface area contributed by atoms with E-state index in [1.165, 1.54) is 0 Å². The fourth-order valence-electron chi connectivity index (χ4n) is 0. The highest BCUT2D eigenvalue weighted by atomic mass is 27.0. The van der Waals surface area contributed by atoms with Crippen molar-refractivity contribution < 1.29 is 9.90 Å². The van der Waals surface area contributed by atoms with Gasteiger partial charge in [0, 0.05) is 0 Å². The highest BCUT2D eigenvalue weighted by molar-refractivity contribution is 5.76. The van der Waals surface area contributed by atoms with E-state index in [0.29, 0.717) is 0 Å². The number of carboxylic acids is 1. The van der Waals surface area contributed by atoms with Gasteiger partial charge in [0.1, 0.15) is 0 Å². The fourth-order valence-corrected chi connectivity index (χ4v) is 0. The summed E-state index contributed by atoms with van der Waals surface area (Å²) in [5.74, 6) is -0.972. The average Bonchev–Trinajstić information content (AvgIpc) is 1.36. The molecule has 46 valence electrons. The van der Waals surface area contributed by atoms with Gasteiger partial charge in [-0.2, -0.15) is 0 Å². The Morgan fingerprint density at radius 3 is 1.62 bits per heavy atom. The lowest BCUT2D eigenvalue weighted by molar-refractivity contribution is -0.140. The first-order valence-electron chi connectivity index (χ1n) is 1.87. The predicted octanol–water partition coefficient (Wildman–Crippen LogP) is -1.37. The lowest BCUT2D eigenvalue weighted by Gasteiger charge is -1.89. The van der Waals surface area contributed by atoms with Crippen LogP contribution in [0.1, 0.15) is 13.8 Å². The van der Waals surface area contributed by atoms with Crippen molar-refractivity contribution in [1.29, 1.82) is 0 Å². The van der Waals surface area contributed by atoms with Gasteiger partial charge in [-0.15, -0.1) is 0 Å². The molecule has 0 aromatic heterocycles. The van der Waals surface area contributed by atoms with Crippen LogP contribution in [0.4, 0.5) is 0 Å². The molecule has 0 aliphatic heterocycles. The second kappa shape index (κ2) is 7.77. The zero-order valence-electron chi connectivity index (χ0n) is 3.93. The van der Waals surface area contributed by atoms with Crippen molar-refractivity contribution in [3.05, 3.63) is 0 Å². The minimum absolute atomic E-state index is 0. The molecule has 1 N–H and O–H groups in total. The molecule has 2 nitrogen and oxygen atoms in total. The molecule has 0 aromatic rings. The van der Waals surface area contributed by atoms with E-state index in [9.17, 15) is 4.79 Å². The van der Waals surface area contributed by atoms with E-state index < -0.39 is 5.97 Å². The third kappa shape index (κ3) is 9.91. The molecular weight excluding hydrogens is 131 g/mol. The number of rotatable bonds is 1. The van der Waals surface area contributed by atoms with Crippen molar-refractivity contribution in [3.63, 3.8) is 0 Å². The Morgan fingerprint density at radius 2 is 1.62 bits per heavy atom. The van der Waals surface area contributed by atoms with Gasteiger partial charge in [0.05, 0.1) is 5.92 Å². The summed E-state index contributed by atoms with van der Waals surface area (Å²) in [6, 6.07) is 0. The molecule has 4 heteroatoms. The summed E-state index contributed by atoms with van der Waals surface area (Å²) < 4.78 is 0. The van der Waals surface area contributed by atoms with E-state index in [2.05, 4.69) is 0 Å². The number of carboxylic acid groups (broad SMARTS) is 1. The van der Waals surface area contributed by atoms with E-state index in [-0.39, 0.29) is 46.3 Å². The minimum atomic E-state index is -0.741. The van der Waals surface area contributed by atoms with Crippen molar-refractivity contribution in [2.24, 2.45) is 5.92 Å². The first-order valence-corrected chi connectivity index (χ1v) is 1.87. The lowest BCUT2D eigenvalue weighted by Crippen LogP contribution is -2.03. The van der Waals surface area contributed by atoms with Gasteiger partial charge >= 0.3 is 29.0 Å². The maximum absolute atomic E-state index is 9.70. The van der Waals surface area contributed by atoms with Crippen molar-refractivity contribution in [2.45, 2.75) is 13.8 Å². The van der Waals surface area contributed by atoms with E-state index in [0.717, 1.165) is 0 Å². The number of carbonyl (C=O) groups is 1. The molecule has 0 aliphatic carbocycles. The Balaban J connectivity index is -0.000000125. The van der Waals surface area contributed by atoms with E-state index in [1.54, 1.807) is 13.8 Å². The summed E-state index contributed by atoms with van der Waals surface area (Å²) in [7, 11) is 0. The molecule has 0 aromatic carbocycles. The maximum Gasteiger partial charge on any atom is 0.316 e. The molecule has 0 heterocycles. The van der Waals surface area contributed by atoms with E-state index in [4.69, 9.17) is 5.11 Å². The molecule has 0 saturated carbocycles. The van der Waals surface area contributed by atoms with Crippen LogP contribution in [0.5, 0.6) is 0 Å². The molecule has 0 atom stereocenters. The van der Waals surface area contributed by atoms with Crippen molar-refractivity contribution in [2.75, 3.05) is 0 Å². The second-order valence-corrected chi connectivity index (χ2v) is 1.49. The normalized spacial score (nSPS) is 6.88. The molecule has 0 spiro atoms. The van der Waals surface area contributed by atoms with Gasteiger partial charge in [-0.25, -0.2) is 0 Å². The Hall–Kier alpha value is 0.769. The Kier molecular flexibility index (Phi) is 15.4. The predicted molar refractivity (Wildman–Crippen MR) is 41.0 cm³/mol. The molecule has 0 unspecified atom stereocenters. The largest absolute Gasteiger partial charge is 0.481 e. The summed E-state index contributed by atoms with van der Waals surface area (Å²) >= 11 is 0. The zero-order chi connectivity index (χ0) is 5.15. The van der Waals surface area contributed by atoms with Crippen LogP contribution < -0.4 is 0 Å². The molecule has 0 bridgehead atoms. The van der Waals surface area contributed by atoms with Crippen LogP contribution in [0.3, 0.4) is 0 Å². The van der Waals surface area contributed by atoms with Crippen molar-refractivity contribution >= 4 is 46.4 Å². The quantitative estimate of drug-likeness (QED) is 0.461. The Labute approximate surface area is 75.9 Å². The average molecular weight is 144 g/mol. The molecule has 0 aliphatic rings. The summed E-state index contributed by atoms with van der Waals surface area (Å²) in [5.41, 5.74) is 0. The van der Waals surface area contributed by atoms with Crippen LogP contribution in [-0.4, -0.2) is 51.5 Å². The maximum atomic E-state index is 9.70. The van der Waals surface area contributed by atoms with Gasteiger partial charge < -0.3 is 5.11 Å². The van der Waals surface area contributed by atoms with Gasteiger partial charge in [-0.1, -0.05) is 13.8 Å². The molecule has 0 rings (SSSR count). The highest BCUT2D eigenvalue weighted by Crippen LogP contribution is 1.87. The first kappa shape index (κ1) is 15.9. The third-order valence-electron chi connectivity index (χ3n) is 0.494. The lowest BCUT2D eigenvalue weighted by atomic mass is 10.2. The standard InChI is InChI=1S/C4H8O2.Al.Mg.5H/c1-3(2)4(5)6;;;;;;;/h3H,1-2H3,(H,5,6);;;;;;;. The Morgan fingerprint density at radius 1 is 1.50 bits per heavy atom. The van der Waals surface area contributed by atoms with Crippen LogP contribution in [0.15, 0.2) is 0 Å². The SMILES string of the molecule is CC(C)C(=O)O.[AlH3].[MgH2]. The van der Waals surface area contributed by atoms with Crippen LogP contribution in [0.2, 0.25) is 0 Å². The number of aliphatic carboxylic acids is 1. The summed E-state index contributed by atoms with van der Waals surface area (Å²) in [6.45, 7) is 3.28. The summed E-state index contributed by atoms with van der Waals surface area (Å²) in [6.07, 6.45) is 0. The zero-order valence-corrected chi connectivity index (χ0v) is 3.93. The number of hydrogen-bond donors (Lipinski definition) is 1. The molecule has 0 amide bonds. The minimum Gasteiger partial charge on any atom is -0.481 e. The van der Waals surface area contributed by atoms with Crippen LogP contribution in [0, 0.1) is 5.92 Å². The van der Waals surface area contributed by atoms with E-state index in [1.807, 2.05) is 0 Å². The third-order valence-corrected chi connectivity index (χ3v) is 0.494. The van der Waals surface area contributed by atoms with Crippen LogP contribution >= 0.6 is 0 Å². The van der Waals surface area contributed by atoms with Gasteiger partial charge in [-0.3, -0.25) is 4.79 Å². The van der Waals surface area contributed by atoms with Crippen LogP contribution in [-0.2, 0) is 4.79 Å². The smallest absolute Gasteiger partial charge is 0.316 e.